The third-order valence-corrected chi connectivity index (χ3v) is 7.50. The van der Waals surface area contributed by atoms with Gasteiger partial charge in [-0.25, -0.2) is 18.7 Å². The topological polar surface area (TPSA) is 109 Å². The predicted molar refractivity (Wildman–Crippen MR) is 138 cm³/mol. The van der Waals surface area contributed by atoms with E-state index in [1.807, 2.05) is 4.90 Å². The molecule has 2 aliphatic rings. The van der Waals surface area contributed by atoms with Crippen molar-refractivity contribution in [3.63, 3.8) is 0 Å². The Labute approximate surface area is 215 Å². The van der Waals surface area contributed by atoms with Crippen LogP contribution in [-0.2, 0) is 0 Å². The first-order chi connectivity index (χ1) is 17.8. The van der Waals surface area contributed by atoms with Crippen LogP contribution in [0.2, 0.25) is 0 Å². The van der Waals surface area contributed by atoms with Crippen LogP contribution in [0.15, 0.2) is 35.1 Å². The molecule has 3 N–H and O–H groups in total. The second-order valence-electron chi connectivity index (χ2n) is 10.5. The SMILES string of the molecule is CC(C)c1noc(N2CCC([C@H](C)Nc3cnc(N4C[C@H](c5cc(F)ccc5F)[C@@H](N)C4)nc3)CC2)n1. The van der Waals surface area contributed by atoms with Crippen LogP contribution >= 0.6 is 0 Å². The van der Waals surface area contributed by atoms with Gasteiger partial charge >= 0.3 is 6.01 Å². The number of rotatable bonds is 7. The summed E-state index contributed by atoms with van der Waals surface area (Å²) in [7, 11) is 0. The zero-order valence-corrected chi connectivity index (χ0v) is 21.4. The van der Waals surface area contributed by atoms with Gasteiger partial charge in [0.15, 0.2) is 5.82 Å². The minimum atomic E-state index is -0.469. The first-order valence-electron chi connectivity index (χ1n) is 12.9. The van der Waals surface area contributed by atoms with Crippen LogP contribution in [0.3, 0.4) is 0 Å². The normalized spacial score (nSPS) is 21.6. The third-order valence-electron chi connectivity index (χ3n) is 7.50. The van der Waals surface area contributed by atoms with Gasteiger partial charge in [-0.1, -0.05) is 19.0 Å². The van der Waals surface area contributed by atoms with Crippen molar-refractivity contribution in [1.82, 2.24) is 20.1 Å². The highest BCUT2D eigenvalue weighted by Crippen LogP contribution is 2.31. The second kappa shape index (κ2) is 10.6. The Kier molecular flexibility index (Phi) is 7.23. The monoisotopic (exact) mass is 512 g/mol. The molecule has 0 amide bonds. The molecule has 0 bridgehead atoms. The molecule has 37 heavy (non-hydrogen) atoms. The zero-order valence-electron chi connectivity index (χ0n) is 21.4. The lowest BCUT2D eigenvalue weighted by Gasteiger charge is -2.34. The number of piperidine rings is 1. The smallest absolute Gasteiger partial charge is 0.324 e. The molecule has 0 unspecified atom stereocenters. The zero-order chi connectivity index (χ0) is 26.1. The first kappa shape index (κ1) is 25.3. The van der Waals surface area contributed by atoms with E-state index in [4.69, 9.17) is 10.3 Å². The molecule has 2 aromatic heterocycles. The third kappa shape index (κ3) is 5.51. The summed E-state index contributed by atoms with van der Waals surface area (Å²) < 4.78 is 33.4. The quantitative estimate of drug-likeness (QED) is 0.487. The molecular weight excluding hydrogens is 478 g/mol. The molecule has 3 atom stereocenters. The average Bonchev–Trinajstić information content (AvgIpc) is 3.54. The van der Waals surface area contributed by atoms with Crippen molar-refractivity contribution in [2.75, 3.05) is 41.3 Å². The van der Waals surface area contributed by atoms with Crippen LogP contribution in [-0.4, -0.2) is 58.4 Å². The molecule has 3 aromatic rings. The van der Waals surface area contributed by atoms with Gasteiger partial charge in [0.05, 0.1) is 18.1 Å². The summed E-state index contributed by atoms with van der Waals surface area (Å²) in [6, 6.07) is 4.00. The standard InChI is InChI=1S/C26H34F2N8O/c1-15(2)24-33-26(37-34-24)35-8-6-17(7-9-35)16(3)32-19-11-30-25(31-12-19)36-13-21(23(29)14-36)20-10-18(27)4-5-22(20)28/h4-5,10-12,15-17,21,23,32H,6-9,13-14,29H2,1-3H3/t16-,21+,23-/m0/s1. The number of anilines is 3. The fourth-order valence-electron chi connectivity index (χ4n) is 5.24. The molecule has 0 aliphatic carbocycles. The van der Waals surface area contributed by atoms with E-state index in [2.05, 4.69) is 51.1 Å². The minimum Gasteiger partial charge on any atom is -0.380 e. The molecule has 2 saturated heterocycles. The molecule has 0 spiro atoms. The van der Waals surface area contributed by atoms with Crippen LogP contribution in [0.25, 0.3) is 0 Å². The van der Waals surface area contributed by atoms with Crippen molar-refractivity contribution in [3.8, 4) is 0 Å². The van der Waals surface area contributed by atoms with E-state index < -0.39 is 11.6 Å². The molecule has 0 saturated carbocycles. The van der Waals surface area contributed by atoms with Crippen LogP contribution in [0.1, 0.15) is 56.8 Å². The van der Waals surface area contributed by atoms with Gasteiger partial charge in [-0.3, -0.25) is 0 Å². The highest BCUT2D eigenvalue weighted by molar-refractivity contribution is 5.45. The van der Waals surface area contributed by atoms with Crippen LogP contribution in [0.4, 0.5) is 26.4 Å². The summed E-state index contributed by atoms with van der Waals surface area (Å²) in [6.45, 7) is 8.92. The van der Waals surface area contributed by atoms with Gasteiger partial charge in [0.1, 0.15) is 11.6 Å². The largest absolute Gasteiger partial charge is 0.380 e. The molecular formula is C26H34F2N8O. The molecule has 0 radical (unpaired) electrons. The average molecular weight is 513 g/mol. The number of hydrogen-bond donors (Lipinski definition) is 2. The Morgan fingerprint density at radius 3 is 2.46 bits per heavy atom. The van der Waals surface area contributed by atoms with E-state index in [0.29, 0.717) is 36.5 Å². The molecule has 198 valence electrons. The van der Waals surface area contributed by atoms with Crippen LogP contribution in [0.5, 0.6) is 0 Å². The maximum atomic E-state index is 14.3. The van der Waals surface area contributed by atoms with Crippen molar-refractivity contribution in [2.24, 2.45) is 11.7 Å². The lowest BCUT2D eigenvalue weighted by atomic mass is 9.90. The Morgan fingerprint density at radius 2 is 1.78 bits per heavy atom. The van der Waals surface area contributed by atoms with Crippen molar-refractivity contribution in [2.45, 2.75) is 57.5 Å². The molecule has 9 nitrogen and oxygen atoms in total. The minimum absolute atomic E-state index is 0.242. The van der Waals surface area contributed by atoms with Gasteiger partial charge in [0, 0.05) is 50.1 Å². The lowest BCUT2D eigenvalue weighted by Crippen LogP contribution is -2.39. The number of hydrogen-bond acceptors (Lipinski definition) is 9. The summed E-state index contributed by atoms with van der Waals surface area (Å²) >= 11 is 0. The molecule has 1 aromatic carbocycles. The van der Waals surface area contributed by atoms with Gasteiger partial charge < -0.3 is 25.4 Å². The lowest BCUT2D eigenvalue weighted by molar-refractivity contribution is 0.341. The Balaban J connectivity index is 1.15. The first-order valence-corrected chi connectivity index (χ1v) is 12.9. The predicted octanol–water partition coefficient (Wildman–Crippen LogP) is 3.91. The van der Waals surface area contributed by atoms with Gasteiger partial charge in [0.25, 0.3) is 0 Å². The summed E-state index contributed by atoms with van der Waals surface area (Å²) in [6.07, 6.45) is 5.55. The van der Waals surface area contributed by atoms with E-state index in [0.717, 1.165) is 49.6 Å². The number of nitrogens with zero attached hydrogens (tertiary/aromatic N) is 6. The number of halogens is 2. The molecule has 11 heteroatoms. The maximum absolute atomic E-state index is 14.3. The number of aromatic nitrogens is 4. The highest BCUT2D eigenvalue weighted by Gasteiger charge is 2.34. The van der Waals surface area contributed by atoms with E-state index in [1.54, 1.807) is 12.4 Å². The number of nitrogens with two attached hydrogens (primary N) is 1. The van der Waals surface area contributed by atoms with Gasteiger partial charge in [-0.15, -0.1) is 0 Å². The van der Waals surface area contributed by atoms with E-state index in [9.17, 15) is 8.78 Å². The number of benzene rings is 1. The Bertz CT molecular complexity index is 1200. The van der Waals surface area contributed by atoms with Gasteiger partial charge in [0.2, 0.25) is 5.95 Å². The van der Waals surface area contributed by atoms with Crippen molar-refractivity contribution in [1.29, 1.82) is 0 Å². The van der Waals surface area contributed by atoms with E-state index in [-0.39, 0.29) is 23.9 Å². The van der Waals surface area contributed by atoms with E-state index >= 15 is 0 Å². The Hall–Kier alpha value is -3.34. The maximum Gasteiger partial charge on any atom is 0.324 e. The fourth-order valence-corrected chi connectivity index (χ4v) is 5.24. The highest BCUT2D eigenvalue weighted by atomic mass is 19.1. The summed E-state index contributed by atoms with van der Waals surface area (Å²) in [5.74, 6) is 0.761. The summed E-state index contributed by atoms with van der Waals surface area (Å²) in [5, 5.41) is 7.60. The van der Waals surface area contributed by atoms with E-state index in [1.165, 1.54) is 6.07 Å². The van der Waals surface area contributed by atoms with Gasteiger partial charge in [-0.05, 0) is 49.4 Å². The van der Waals surface area contributed by atoms with Gasteiger partial charge in [-0.2, -0.15) is 4.98 Å². The molecule has 5 rings (SSSR count). The van der Waals surface area contributed by atoms with Crippen molar-refractivity contribution < 1.29 is 13.3 Å². The fraction of sp³-hybridized carbons (Fsp3) is 0.538. The Morgan fingerprint density at radius 1 is 1.05 bits per heavy atom. The van der Waals surface area contributed by atoms with Crippen molar-refractivity contribution in [3.05, 3.63) is 53.6 Å². The molecule has 2 fully saturated rings. The summed E-state index contributed by atoms with van der Waals surface area (Å²) in [5.41, 5.74) is 7.42. The molecule has 4 heterocycles. The summed E-state index contributed by atoms with van der Waals surface area (Å²) in [4.78, 5) is 17.6. The second-order valence-corrected chi connectivity index (χ2v) is 10.5. The van der Waals surface area contributed by atoms with Crippen LogP contribution in [0, 0.1) is 17.6 Å². The number of nitrogens with one attached hydrogen (secondary N) is 1. The van der Waals surface area contributed by atoms with Crippen LogP contribution < -0.4 is 20.9 Å². The molecule has 2 aliphatic heterocycles. The van der Waals surface area contributed by atoms with Crippen molar-refractivity contribution >= 4 is 17.7 Å².